The minimum absolute atomic E-state index is 0.782. The molecule has 4 nitrogen and oxygen atoms in total. The predicted molar refractivity (Wildman–Crippen MR) is 58.8 cm³/mol. The highest BCUT2D eigenvalue weighted by atomic mass is 79.9. The predicted octanol–water partition coefficient (Wildman–Crippen LogP) is 2.84. The number of halogens is 1. The fraction of sp³-hybridized carbons (Fsp3) is 0. The van der Waals surface area contributed by atoms with E-state index in [2.05, 4.69) is 21.0 Å². The average molecular weight is 267 g/mol. The van der Waals surface area contributed by atoms with E-state index in [1.807, 2.05) is 24.3 Å². The van der Waals surface area contributed by atoms with E-state index >= 15 is 0 Å². The maximum atomic E-state index is 10.6. The van der Waals surface area contributed by atoms with Crippen molar-refractivity contribution in [2.24, 2.45) is 0 Å². The van der Waals surface area contributed by atoms with Gasteiger partial charge >= 0.3 is 6.09 Å². The van der Waals surface area contributed by atoms with Gasteiger partial charge in [-0.25, -0.2) is 4.79 Å². The molecule has 2 rings (SSSR count). The normalized spacial score (nSPS) is 10.2. The molecule has 1 N–H and O–H groups in total. The summed E-state index contributed by atoms with van der Waals surface area (Å²) in [5.41, 5.74) is 1.72. The lowest BCUT2D eigenvalue weighted by Crippen LogP contribution is -2.07. The van der Waals surface area contributed by atoms with Gasteiger partial charge in [0, 0.05) is 16.2 Å². The first kappa shape index (κ1) is 9.92. The van der Waals surface area contributed by atoms with Gasteiger partial charge in [0.2, 0.25) is 0 Å². The molecule has 0 atom stereocenters. The maximum absolute atomic E-state index is 10.6. The third-order valence-electron chi connectivity index (χ3n) is 1.96. The summed E-state index contributed by atoms with van der Waals surface area (Å²) in [5, 5.41) is 12.4. The van der Waals surface area contributed by atoms with Crippen molar-refractivity contribution in [2.45, 2.75) is 0 Å². The Hall–Kier alpha value is -1.62. The van der Waals surface area contributed by atoms with Crippen LogP contribution in [0.5, 0.6) is 0 Å². The molecule has 0 fully saturated rings. The molecule has 0 amide bonds. The van der Waals surface area contributed by atoms with E-state index < -0.39 is 6.09 Å². The van der Waals surface area contributed by atoms with Crippen LogP contribution in [0, 0.1) is 0 Å². The molecule has 5 heteroatoms. The van der Waals surface area contributed by atoms with Crippen LogP contribution >= 0.6 is 15.9 Å². The van der Waals surface area contributed by atoms with Crippen molar-refractivity contribution in [3.8, 4) is 11.1 Å². The summed E-state index contributed by atoms with van der Waals surface area (Å²) in [6.07, 6.45) is 1.92. The first-order valence-electron chi connectivity index (χ1n) is 4.21. The van der Waals surface area contributed by atoms with Gasteiger partial charge < -0.3 is 5.11 Å². The summed E-state index contributed by atoms with van der Waals surface area (Å²) < 4.78 is 1.87. The third-order valence-corrected chi connectivity index (χ3v) is 2.48. The molecule has 0 aliphatic rings. The lowest BCUT2D eigenvalue weighted by Gasteiger charge is -1.96. The van der Waals surface area contributed by atoms with E-state index in [1.165, 1.54) is 12.4 Å². The number of aromatic nitrogens is 2. The monoisotopic (exact) mass is 266 g/mol. The van der Waals surface area contributed by atoms with Gasteiger partial charge in [0.15, 0.2) is 0 Å². The number of nitrogens with zero attached hydrogens (tertiary/aromatic N) is 2. The van der Waals surface area contributed by atoms with Crippen LogP contribution in [0.25, 0.3) is 11.1 Å². The van der Waals surface area contributed by atoms with Crippen LogP contribution in [0.2, 0.25) is 0 Å². The Balaban J connectivity index is 2.37. The van der Waals surface area contributed by atoms with E-state index in [-0.39, 0.29) is 0 Å². The molecule has 0 bridgehead atoms. The van der Waals surface area contributed by atoms with Crippen molar-refractivity contribution in [1.29, 1.82) is 0 Å². The highest BCUT2D eigenvalue weighted by Crippen LogP contribution is 2.20. The molecular weight excluding hydrogens is 260 g/mol. The molecule has 1 aromatic carbocycles. The third kappa shape index (κ3) is 2.07. The second-order valence-electron chi connectivity index (χ2n) is 2.96. The molecule has 15 heavy (non-hydrogen) atoms. The van der Waals surface area contributed by atoms with Crippen LogP contribution in [0.1, 0.15) is 0 Å². The fourth-order valence-electron chi connectivity index (χ4n) is 1.22. The first-order chi connectivity index (χ1) is 7.16. The van der Waals surface area contributed by atoms with Gasteiger partial charge in [-0.1, -0.05) is 28.1 Å². The number of benzene rings is 1. The van der Waals surface area contributed by atoms with Crippen LogP contribution in [-0.2, 0) is 0 Å². The summed E-state index contributed by atoms with van der Waals surface area (Å²) >= 11 is 3.33. The molecule has 0 saturated carbocycles. The van der Waals surface area contributed by atoms with E-state index in [9.17, 15) is 4.79 Å². The Morgan fingerprint density at radius 1 is 1.27 bits per heavy atom. The van der Waals surface area contributed by atoms with Crippen molar-refractivity contribution in [2.75, 3.05) is 0 Å². The van der Waals surface area contributed by atoms with E-state index in [0.717, 1.165) is 20.3 Å². The molecule has 2 aromatic rings. The van der Waals surface area contributed by atoms with Crippen molar-refractivity contribution in [1.82, 2.24) is 9.78 Å². The summed E-state index contributed by atoms with van der Waals surface area (Å²) in [4.78, 5) is 10.6. The Labute approximate surface area is 94.3 Å². The van der Waals surface area contributed by atoms with Crippen LogP contribution in [0.15, 0.2) is 41.1 Å². The maximum Gasteiger partial charge on any atom is 0.432 e. The quantitative estimate of drug-likeness (QED) is 0.864. The Morgan fingerprint density at radius 2 is 1.93 bits per heavy atom. The second-order valence-corrected chi connectivity index (χ2v) is 3.88. The number of hydrogen-bond acceptors (Lipinski definition) is 2. The SMILES string of the molecule is O=C(O)n1cc(-c2ccc(Br)cc2)cn1. The molecule has 0 saturated heterocycles. The zero-order valence-corrected chi connectivity index (χ0v) is 9.18. The molecule has 76 valence electrons. The van der Waals surface area contributed by atoms with Gasteiger partial charge in [-0.15, -0.1) is 0 Å². The van der Waals surface area contributed by atoms with Crippen molar-refractivity contribution in [3.63, 3.8) is 0 Å². The molecule has 1 heterocycles. The largest absolute Gasteiger partial charge is 0.463 e. The Morgan fingerprint density at radius 3 is 2.47 bits per heavy atom. The van der Waals surface area contributed by atoms with E-state index in [0.29, 0.717) is 0 Å². The minimum atomic E-state index is -1.08. The molecule has 0 aliphatic heterocycles. The molecule has 0 unspecified atom stereocenters. The number of carboxylic acid groups (broad SMARTS) is 1. The van der Waals surface area contributed by atoms with Gasteiger partial charge in [-0.3, -0.25) is 0 Å². The van der Waals surface area contributed by atoms with Crippen molar-refractivity contribution < 1.29 is 9.90 Å². The van der Waals surface area contributed by atoms with Crippen LogP contribution in [-0.4, -0.2) is 21.0 Å². The standard InChI is InChI=1S/C10H7BrN2O2/c11-9-3-1-7(2-4-9)8-5-12-13(6-8)10(14)15/h1-6H,(H,14,15). The van der Waals surface area contributed by atoms with Gasteiger partial charge in [-0.2, -0.15) is 9.78 Å². The summed E-state index contributed by atoms with van der Waals surface area (Å²) in [6.45, 7) is 0. The average Bonchev–Trinajstić information content (AvgIpc) is 2.68. The zero-order chi connectivity index (χ0) is 10.8. The fourth-order valence-corrected chi connectivity index (χ4v) is 1.48. The first-order valence-corrected chi connectivity index (χ1v) is 5.00. The minimum Gasteiger partial charge on any atom is -0.463 e. The topological polar surface area (TPSA) is 55.1 Å². The molecular formula is C10H7BrN2O2. The lowest BCUT2D eigenvalue weighted by atomic mass is 10.1. The van der Waals surface area contributed by atoms with Crippen LogP contribution < -0.4 is 0 Å². The smallest absolute Gasteiger partial charge is 0.432 e. The van der Waals surface area contributed by atoms with Crippen LogP contribution in [0.3, 0.4) is 0 Å². The highest BCUT2D eigenvalue weighted by Gasteiger charge is 2.05. The Kier molecular flexibility index (Phi) is 2.55. The Bertz CT molecular complexity index is 490. The van der Waals surface area contributed by atoms with E-state index in [1.54, 1.807) is 0 Å². The van der Waals surface area contributed by atoms with Gasteiger partial charge in [0.05, 0.1) is 6.20 Å². The van der Waals surface area contributed by atoms with Crippen molar-refractivity contribution >= 4 is 22.0 Å². The van der Waals surface area contributed by atoms with Crippen molar-refractivity contribution in [3.05, 3.63) is 41.1 Å². The van der Waals surface area contributed by atoms with Gasteiger partial charge in [0.1, 0.15) is 0 Å². The van der Waals surface area contributed by atoms with E-state index in [4.69, 9.17) is 5.11 Å². The summed E-state index contributed by atoms with van der Waals surface area (Å²) in [5.74, 6) is 0. The second kappa shape index (κ2) is 3.86. The summed E-state index contributed by atoms with van der Waals surface area (Å²) in [6, 6.07) is 7.58. The molecule has 0 radical (unpaired) electrons. The number of rotatable bonds is 1. The number of carbonyl (C=O) groups is 1. The molecule has 1 aromatic heterocycles. The zero-order valence-electron chi connectivity index (χ0n) is 7.59. The molecule has 0 aliphatic carbocycles. The van der Waals surface area contributed by atoms with Gasteiger partial charge in [-0.05, 0) is 17.7 Å². The highest BCUT2D eigenvalue weighted by molar-refractivity contribution is 9.10. The van der Waals surface area contributed by atoms with Crippen LogP contribution in [0.4, 0.5) is 4.79 Å². The van der Waals surface area contributed by atoms with Gasteiger partial charge in [0.25, 0.3) is 0 Å². The number of hydrogen-bond donors (Lipinski definition) is 1. The summed E-state index contributed by atoms with van der Waals surface area (Å²) in [7, 11) is 0. The molecule has 0 spiro atoms. The lowest BCUT2D eigenvalue weighted by molar-refractivity contribution is 0.192.